The fourth-order valence-electron chi connectivity index (χ4n) is 2.79. The van der Waals surface area contributed by atoms with Crippen LogP contribution in [-0.4, -0.2) is 29.4 Å². The summed E-state index contributed by atoms with van der Waals surface area (Å²) in [6.45, 7) is 4.09. The van der Waals surface area contributed by atoms with E-state index in [1.165, 1.54) is 0 Å². The Bertz CT molecular complexity index is 791. The lowest BCUT2D eigenvalue weighted by molar-refractivity contribution is -0.126. The van der Waals surface area contributed by atoms with Crippen LogP contribution in [0.3, 0.4) is 0 Å². The van der Waals surface area contributed by atoms with Crippen LogP contribution >= 0.6 is 0 Å². The number of aryl methyl sites for hydroxylation is 1. The van der Waals surface area contributed by atoms with Gasteiger partial charge in [-0.15, -0.1) is 0 Å². The number of fused-ring (bicyclic) bond motifs is 1. The average Bonchev–Trinajstić information content (AvgIpc) is 2.62. The molecule has 1 aromatic heterocycles. The summed E-state index contributed by atoms with van der Waals surface area (Å²) in [5.41, 5.74) is 1.61. The highest BCUT2D eigenvalue weighted by Gasteiger charge is 2.33. The molecular weight excluding hydrogens is 318 g/mol. The molecule has 1 atom stereocenters. The number of nitrogens with zero attached hydrogens (tertiary/aromatic N) is 2. The topological polar surface area (TPSA) is 71.5 Å². The van der Waals surface area contributed by atoms with Gasteiger partial charge in [0.05, 0.1) is 5.69 Å². The zero-order valence-electron chi connectivity index (χ0n) is 14.4. The molecule has 1 aliphatic rings. The molecule has 0 bridgehead atoms. The van der Waals surface area contributed by atoms with Crippen molar-refractivity contribution >= 4 is 23.3 Å². The van der Waals surface area contributed by atoms with Gasteiger partial charge in [0.1, 0.15) is 11.6 Å². The van der Waals surface area contributed by atoms with Gasteiger partial charge >= 0.3 is 0 Å². The third-order valence-corrected chi connectivity index (χ3v) is 4.17. The Morgan fingerprint density at radius 3 is 2.84 bits per heavy atom. The van der Waals surface area contributed by atoms with Crippen molar-refractivity contribution in [2.45, 2.75) is 32.8 Å². The molecule has 2 aromatic rings. The van der Waals surface area contributed by atoms with E-state index in [1.807, 2.05) is 50.2 Å². The largest absolute Gasteiger partial charge is 0.478 e. The van der Waals surface area contributed by atoms with Gasteiger partial charge in [-0.05, 0) is 37.1 Å². The highest BCUT2D eigenvalue weighted by molar-refractivity contribution is 6.01. The maximum atomic E-state index is 12.6. The van der Waals surface area contributed by atoms with E-state index in [9.17, 15) is 9.59 Å². The second-order valence-corrected chi connectivity index (χ2v) is 5.94. The number of para-hydroxylation sites is 2. The molecule has 6 heteroatoms. The standard InChI is InChI=1S/C19H21N3O3/c1-3-15-19(24)22(14-8-4-5-9-16(14)25-15)12-10-17(23)21-18-13(2)7-6-11-20-18/h4-9,11,15H,3,10,12H2,1-2H3,(H,20,21,23). The lowest BCUT2D eigenvalue weighted by Gasteiger charge is -2.33. The van der Waals surface area contributed by atoms with Gasteiger partial charge < -0.3 is 15.0 Å². The molecule has 1 N–H and O–H groups in total. The number of hydrogen-bond donors (Lipinski definition) is 1. The van der Waals surface area contributed by atoms with Gasteiger partial charge in [-0.25, -0.2) is 4.98 Å². The number of nitrogens with one attached hydrogen (secondary N) is 1. The number of ether oxygens (including phenoxy) is 1. The smallest absolute Gasteiger partial charge is 0.268 e. The van der Waals surface area contributed by atoms with Gasteiger partial charge in [-0.2, -0.15) is 0 Å². The quantitative estimate of drug-likeness (QED) is 0.909. The number of carbonyl (C=O) groups is 2. The van der Waals surface area contributed by atoms with Gasteiger partial charge in [0.15, 0.2) is 6.10 Å². The van der Waals surface area contributed by atoms with Crippen LogP contribution in [0.2, 0.25) is 0 Å². The Morgan fingerprint density at radius 2 is 2.08 bits per heavy atom. The van der Waals surface area contributed by atoms with Crippen molar-refractivity contribution in [3.05, 3.63) is 48.2 Å². The van der Waals surface area contributed by atoms with E-state index in [1.54, 1.807) is 11.1 Å². The number of carbonyl (C=O) groups excluding carboxylic acids is 2. The summed E-state index contributed by atoms with van der Waals surface area (Å²) in [5.74, 6) is 0.942. The lowest BCUT2D eigenvalue weighted by atomic mass is 10.1. The maximum Gasteiger partial charge on any atom is 0.268 e. The van der Waals surface area contributed by atoms with Crippen LogP contribution < -0.4 is 15.0 Å². The Labute approximate surface area is 146 Å². The minimum Gasteiger partial charge on any atom is -0.478 e. The first kappa shape index (κ1) is 17.0. The predicted octanol–water partition coefficient (Wildman–Crippen LogP) is 2.92. The number of pyridine rings is 1. The number of rotatable bonds is 5. The summed E-state index contributed by atoms with van der Waals surface area (Å²) in [5, 5.41) is 2.79. The summed E-state index contributed by atoms with van der Waals surface area (Å²) in [7, 11) is 0. The highest BCUT2D eigenvalue weighted by Crippen LogP contribution is 2.34. The molecule has 0 radical (unpaired) electrons. The first-order valence-electron chi connectivity index (χ1n) is 8.38. The summed E-state index contributed by atoms with van der Waals surface area (Å²) < 4.78 is 5.74. The number of amides is 2. The Balaban J connectivity index is 1.70. The molecule has 0 saturated carbocycles. The molecule has 0 aliphatic carbocycles. The van der Waals surface area contributed by atoms with Crippen molar-refractivity contribution in [3.63, 3.8) is 0 Å². The number of anilines is 2. The fraction of sp³-hybridized carbons (Fsp3) is 0.316. The van der Waals surface area contributed by atoms with Crippen LogP contribution in [0.1, 0.15) is 25.3 Å². The molecule has 1 unspecified atom stereocenters. The van der Waals surface area contributed by atoms with Gasteiger partial charge in [-0.3, -0.25) is 9.59 Å². The Morgan fingerprint density at radius 1 is 1.28 bits per heavy atom. The summed E-state index contributed by atoms with van der Waals surface area (Å²) in [6.07, 6.45) is 1.90. The van der Waals surface area contributed by atoms with Crippen LogP contribution in [0.4, 0.5) is 11.5 Å². The van der Waals surface area contributed by atoms with Gasteiger partial charge in [0, 0.05) is 19.2 Å². The molecule has 1 aliphatic heterocycles. The second kappa shape index (κ2) is 7.34. The molecule has 2 amide bonds. The summed E-state index contributed by atoms with van der Waals surface area (Å²) in [6, 6.07) is 11.1. The molecule has 0 spiro atoms. The highest BCUT2D eigenvalue weighted by atomic mass is 16.5. The Kier molecular flexibility index (Phi) is 4.97. The molecule has 0 fully saturated rings. The van der Waals surface area contributed by atoms with Crippen LogP contribution in [-0.2, 0) is 9.59 Å². The third-order valence-electron chi connectivity index (χ3n) is 4.17. The van der Waals surface area contributed by atoms with E-state index in [2.05, 4.69) is 10.3 Å². The Hall–Kier alpha value is -2.89. The predicted molar refractivity (Wildman–Crippen MR) is 95.7 cm³/mol. The monoisotopic (exact) mass is 339 g/mol. The van der Waals surface area contributed by atoms with E-state index in [-0.39, 0.29) is 18.2 Å². The van der Waals surface area contributed by atoms with Crippen LogP contribution in [0.5, 0.6) is 5.75 Å². The second-order valence-electron chi connectivity index (χ2n) is 5.94. The lowest BCUT2D eigenvalue weighted by Crippen LogP contribution is -2.46. The van der Waals surface area contributed by atoms with E-state index >= 15 is 0 Å². The van der Waals surface area contributed by atoms with E-state index < -0.39 is 6.10 Å². The normalized spacial score (nSPS) is 16.2. The van der Waals surface area contributed by atoms with E-state index in [0.717, 1.165) is 5.56 Å². The molecule has 6 nitrogen and oxygen atoms in total. The van der Waals surface area contributed by atoms with Crippen molar-refractivity contribution in [1.29, 1.82) is 0 Å². The minimum atomic E-state index is -0.504. The van der Waals surface area contributed by atoms with Gasteiger partial charge in [0.25, 0.3) is 5.91 Å². The first-order chi connectivity index (χ1) is 12.1. The van der Waals surface area contributed by atoms with Gasteiger partial charge in [-0.1, -0.05) is 25.1 Å². The number of benzene rings is 1. The molecule has 3 rings (SSSR count). The van der Waals surface area contributed by atoms with Crippen LogP contribution in [0.25, 0.3) is 0 Å². The number of aromatic nitrogens is 1. The zero-order chi connectivity index (χ0) is 17.8. The van der Waals surface area contributed by atoms with Crippen LogP contribution in [0, 0.1) is 6.92 Å². The van der Waals surface area contributed by atoms with Crippen LogP contribution in [0.15, 0.2) is 42.6 Å². The molecule has 1 aromatic carbocycles. The fourth-order valence-corrected chi connectivity index (χ4v) is 2.79. The summed E-state index contributed by atoms with van der Waals surface area (Å²) >= 11 is 0. The first-order valence-corrected chi connectivity index (χ1v) is 8.38. The van der Waals surface area contributed by atoms with E-state index in [4.69, 9.17) is 4.74 Å². The van der Waals surface area contributed by atoms with Crippen molar-refractivity contribution in [1.82, 2.24) is 4.98 Å². The average molecular weight is 339 g/mol. The molecule has 0 saturated heterocycles. The minimum absolute atomic E-state index is 0.108. The molecule has 130 valence electrons. The third kappa shape index (κ3) is 3.63. The van der Waals surface area contributed by atoms with Crippen molar-refractivity contribution < 1.29 is 14.3 Å². The van der Waals surface area contributed by atoms with Crippen molar-refractivity contribution in [2.75, 3.05) is 16.8 Å². The van der Waals surface area contributed by atoms with E-state index in [0.29, 0.717) is 30.2 Å². The SMILES string of the molecule is CCC1Oc2ccccc2N(CCC(=O)Nc2ncccc2C)C1=O. The van der Waals surface area contributed by atoms with Gasteiger partial charge in [0.2, 0.25) is 5.91 Å². The van der Waals surface area contributed by atoms with Crippen molar-refractivity contribution in [3.8, 4) is 5.75 Å². The number of hydrogen-bond acceptors (Lipinski definition) is 4. The van der Waals surface area contributed by atoms with Crippen molar-refractivity contribution in [2.24, 2.45) is 0 Å². The zero-order valence-corrected chi connectivity index (χ0v) is 14.4. The molecular formula is C19H21N3O3. The maximum absolute atomic E-state index is 12.6. The molecule has 25 heavy (non-hydrogen) atoms. The summed E-state index contributed by atoms with van der Waals surface area (Å²) in [4.78, 5) is 30.7. The molecule has 2 heterocycles.